The Labute approximate surface area is 189 Å². The number of carbonyl (C=O) groups excluding carboxylic acids is 4. The smallest absolute Gasteiger partial charge is 0.326 e. The van der Waals surface area contributed by atoms with E-state index in [1.165, 1.54) is 0 Å². The van der Waals surface area contributed by atoms with Gasteiger partial charge in [-0.05, 0) is 32.2 Å². The van der Waals surface area contributed by atoms with Gasteiger partial charge in [0.2, 0.25) is 23.6 Å². The van der Waals surface area contributed by atoms with Gasteiger partial charge in [0.05, 0.1) is 13.0 Å². The number of rotatable bonds is 17. The zero-order chi connectivity index (χ0) is 25.6. The van der Waals surface area contributed by atoms with Crippen molar-refractivity contribution in [2.45, 2.75) is 62.7 Å². The van der Waals surface area contributed by atoms with Crippen LogP contribution in [0.1, 0.15) is 38.5 Å². The molecule has 0 heterocycles. The molecule has 0 bridgehead atoms. The predicted octanol–water partition coefficient (Wildman–Crippen LogP) is -4.29. The van der Waals surface area contributed by atoms with Crippen LogP contribution in [0.4, 0.5) is 0 Å². The van der Waals surface area contributed by atoms with Gasteiger partial charge in [0, 0.05) is 6.42 Å². The highest BCUT2D eigenvalue weighted by Gasteiger charge is 2.31. The minimum Gasteiger partial charge on any atom is -0.481 e. The summed E-state index contributed by atoms with van der Waals surface area (Å²) in [4.78, 5) is 70.6. The van der Waals surface area contributed by atoms with Crippen LogP contribution in [0.3, 0.4) is 0 Å². The lowest BCUT2D eigenvalue weighted by Gasteiger charge is -2.24. The number of primary amides is 1. The van der Waals surface area contributed by atoms with E-state index in [-0.39, 0.29) is 6.42 Å². The molecule has 0 aromatic carbocycles. The number of carboxylic acids is 2. The fraction of sp³-hybridized carbons (Fsp3) is 0.667. The molecular weight excluding hydrogens is 444 g/mol. The molecule has 0 aliphatic rings. The molecule has 0 aliphatic heterocycles. The summed E-state index contributed by atoms with van der Waals surface area (Å²) in [7, 11) is 0. The fourth-order valence-electron chi connectivity index (χ4n) is 2.60. The van der Waals surface area contributed by atoms with Crippen LogP contribution >= 0.6 is 0 Å². The molecule has 0 aromatic heterocycles. The summed E-state index contributed by atoms with van der Waals surface area (Å²) >= 11 is 0. The van der Waals surface area contributed by atoms with Crippen molar-refractivity contribution in [1.82, 2.24) is 16.0 Å². The number of aliphatic hydroxyl groups is 1. The van der Waals surface area contributed by atoms with Crippen LogP contribution in [0.2, 0.25) is 0 Å². The van der Waals surface area contributed by atoms with Gasteiger partial charge in [0.25, 0.3) is 0 Å². The Morgan fingerprint density at radius 2 is 1.33 bits per heavy atom. The van der Waals surface area contributed by atoms with Crippen molar-refractivity contribution >= 4 is 35.6 Å². The van der Waals surface area contributed by atoms with Gasteiger partial charge in [-0.15, -0.1) is 0 Å². The number of hydrogen-bond acceptors (Lipinski definition) is 9. The summed E-state index contributed by atoms with van der Waals surface area (Å²) in [5.41, 5.74) is 16.0. The van der Waals surface area contributed by atoms with Gasteiger partial charge in [0.1, 0.15) is 24.2 Å². The Morgan fingerprint density at radius 3 is 1.82 bits per heavy atom. The molecule has 4 unspecified atom stereocenters. The molecule has 15 nitrogen and oxygen atoms in total. The first-order valence-corrected chi connectivity index (χ1v) is 10.1. The van der Waals surface area contributed by atoms with Crippen molar-refractivity contribution in [1.29, 1.82) is 0 Å². The molecule has 0 fully saturated rings. The molecule has 0 radical (unpaired) electrons. The molecule has 15 heteroatoms. The van der Waals surface area contributed by atoms with Crippen molar-refractivity contribution in [3.63, 3.8) is 0 Å². The highest BCUT2D eigenvalue weighted by Crippen LogP contribution is 2.05. The number of nitrogens with two attached hydrogens (primary N) is 3. The third-order valence-corrected chi connectivity index (χ3v) is 4.41. The van der Waals surface area contributed by atoms with Crippen LogP contribution in [-0.2, 0) is 28.8 Å². The molecule has 0 saturated heterocycles. The highest BCUT2D eigenvalue weighted by atomic mass is 16.4. The highest BCUT2D eigenvalue weighted by molar-refractivity contribution is 5.96. The normalized spacial score (nSPS) is 14.3. The largest absolute Gasteiger partial charge is 0.481 e. The van der Waals surface area contributed by atoms with Crippen LogP contribution in [0, 0.1) is 0 Å². The first-order valence-electron chi connectivity index (χ1n) is 10.1. The number of hydrogen-bond donors (Lipinski definition) is 9. The maximum Gasteiger partial charge on any atom is 0.326 e. The fourth-order valence-corrected chi connectivity index (χ4v) is 2.60. The number of aliphatic carboxylic acids is 2. The molecule has 188 valence electrons. The summed E-state index contributed by atoms with van der Waals surface area (Å²) in [5.74, 6) is -6.59. The maximum absolute atomic E-state index is 12.7. The Balaban J connectivity index is 5.47. The molecular formula is C18H32N6O9. The van der Waals surface area contributed by atoms with Crippen LogP contribution in [0.15, 0.2) is 0 Å². The zero-order valence-electron chi connectivity index (χ0n) is 18.0. The minimum atomic E-state index is -1.60. The Morgan fingerprint density at radius 1 is 0.788 bits per heavy atom. The second kappa shape index (κ2) is 15.5. The summed E-state index contributed by atoms with van der Waals surface area (Å²) in [6, 6.07) is -5.69. The maximum atomic E-state index is 12.7. The van der Waals surface area contributed by atoms with Crippen LogP contribution in [-0.4, -0.2) is 88.2 Å². The van der Waals surface area contributed by atoms with E-state index in [2.05, 4.69) is 16.0 Å². The molecule has 0 aromatic rings. The number of amides is 4. The Bertz CT molecular complexity index is 718. The number of carboxylic acid groups (broad SMARTS) is 2. The number of carbonyl (C=O) groups is 6. The van der Waals surface area contributed by atoms with E-state index in [1.54, 1.807) is 0 Å². The third-order valence-electron chi connectivity index (χ3n) is 4.41. The van der Waals surface area contributed by atoms with Gasteiger partial charge in [-0.25, -0.2) is 4.79 Å². The van der Waals surface area contributed by atoms with Crippen molar-refractivity contribution in [3.8, 4) is 0 Å². The molecule has 12 N–H and O–H groups in total. The lowest BCUT2D eigenvalue weighted by Crippen LogP contribution is -2.58. The molecule has 0 aliphatic carbocycles. The molecule has 0 saturated carbocycles. The summed E-state index contributed by atoms with van der Waals surface area (Å²) in [5, 5.41) is 33.5. The van der Waals surface area contributed by atoms with Crippen molar-refractivity contribution in [2.75, 3.05) is 13.2 Å². The monoisotopic (exact) mass is 476 g/mol. The van der Waals surface area contributed by atoms with Gasteiger partial charge in [0.15, 0.2) is 0 Å². The second-order valence-electron chi connectivity index (χ2n) is 7.20. The topological polar surface area (TPSA) is 277 Å². The van der Waals surface area contributed by atoms with Gasteiger partial charge < -0.3 is 48.5 Å². The van der Waals surface area contributed by atoms with Gasteiger partial charge in [-0.2, -0.15) is 0 Å². The van der Waals surface area contributed by atoms with E-state index in [4.69, 9.17) is 27.4 Å². The minimum absolute atomic E-state index is 0.0915. The van der Waals surface area contributed by atoms with Crippen molar-refractivity contribution < 1.29 is 44.1 Å². The van der Waals surface area contributed by atoms with E-state index >= 15 is 0 Å². The second-order valence-corrected chi connectivity index (χ2v) is 7.20. The molecule has 33 heavy (non-hydrogen) atoms. The quantitative estimate of drug-likeness (QED) is 0.0905. The van der Waals surface area contributed by atoms with E-state index in [0.29, 0.717) is 19.4 Å². The molecule has 0 spiro atoms. The average molecular weight is 476 g/mol. The van der Waals surface area contributed by atoms with Crippen LogP contribution in [0.5, 0.6) is 0 Å². The third kappa shape index (κ3) is 12.4. The molecule has 4 atom stereocenters. The van der Waals surface area contributed by atoms with E-state index in [1.807, 2.05) is 0 Å². The van der Waals surface area contributed by atoms with Crippen LogP contribution in [0.25, 0.3) is 0 Å². The lowest BCUT2D eigenvalue weighted by atomic mass is 10.1. The van der Waals surface area contributed by atoms with Crippen LogP contribution < -0.4 is 33.2 Å². The SMILES string of the molecule is NCCCCC(NC(=O)C(N)CO)C(=O)NC(CC(N)=O)C(=O)NC(CCC(=O)O)C(=O)O. The number of nitrogens with one attached hydrogen (secondary N) is 3. The summed E-state index contributed by atoms with van der Waals surface area (Å²) < 4.78 is 0. The Kier molecular flexibility index (Phi) is 13.9. The Hall–Kier alpha value is -3.30. The zero-order valence-corrected chi connectivity index (χ0v) is 18.0. The number of unbranched alkanes of at least 4 members (excludes halogenated alkanes) is 1. The first-order chi connectivity index (χ1) is 15.4. The van der Waals surface area contributed by atoms with Gasteiger partial charge >= 0.3 is 11.9 Å². The van der Waals surface area contributed by atoms with E-state index in [0.717, 1.165) is 0 Å². The number of aliphatic hydroxyl groups excluding tert-OH is 1. The standard InChI is InChI=1S/C18H32N6O9/c19-6-2-1-3-10(22-15(29)9(20)8-25)16(30)24-12(7-13(21)26)17(31)23-11(18(32)33)4-5-14(27)28/h9-12,25H,1-8,19-20H2,(H2,21,26)(H,22,29)(H,23,31)(H,24,30)(H,27,28)(H,32,33). The average Bonchev–Trinajstić information content (AvgIpc) is 2.73. The van der Waals surface area contributed by atoms with Crippen molar-refractivity contribution in [2.24, 2.45) is 17.2 Å². The molecule has 0 rings (SSSR count). The summed E-state index contributed by atoms with van der Waals surface area (Å²) in [6.45, 7) is -0.360. The van der Waals surface area contributed by atoms with Gasteiger partial charge in [-0.3, -0.25) is 24.0 Å². The van der Waals surface area contributed by atoms with Crippen molar-refractivity contribution in [3.05, 3.63) is 0 Å². The van der Waals surface area contributed by atoms with E-state index in [9.17, 15) is 33.9 Å². The molecule has 4 amide bonds. The lowest BCUT2D eigenvalue weighted by molar-refractivity contribution is -0.143. The van der Waals surface area contributed by atoms with Gasteiger partial charge in [-0.1, -0.05) is 0 Å². The predicted molar refractivity (Wildman–Crippen MR) is 112 cm³/mol. The van der Waals surface area contributed by atoms with E-state index < -0.39 is 85.6 Å². The first kappa shape index (κ1) is 29.7. The summed E-state index contributed by atoms with van der Waals surface area (Å²) in [6.07, 6.45) is -0.668.